The Kier molecular flexibility index (Phi) is 6.26. The first-order valence-corrected chi connectivity index (χ1v) is 12.5. The summed E-state index contributed by atoms with van der Waals surface area (Å²) in [5.74, 6) is -1.52. The van der Waals surface area contributed by atoms with Crippen molar-refractivity contribution >= 4 is 26.7 Å². The van der Waals surface area contributed by atoms with Gasteiger partial charge < -0.3 is 10.1 Å². The summed E-state index contributed by atoms with van der Waals surface area (Å²) in [6, 6.07) is 8.13. The van der Waals surface area contributed by atoms with Crippen molar-refractivity contribution in [3.05, 3.63) is 59.8 Å². The molecule has 1 aliphatic rings. The summed E-state index contributed by atoms with van der Waals surface area (Å²) in [6.45, 7) is 2.59. The number of alkyl halides is 1. The maximum Gasteiger partial charge on any atom is 0.264 e. The van der Waals surface area contributed by atoms with E-state index in [0.29, 0.717) is 41.3 Å². The second kappa shape index (κ2) is 9.39. The van der Waals surface area contributed by atoms with Gasteiger partial charge in [0, 0.05) is 23.5 Å². The molecule has 0 bridgehead atoms. The van der Waals surface area contributed by atoms with E-state index in [2.05, 4.69) is 30.2 Å². The highest BCUT2D eigenvalue weighted by Crippen LogP contribution is 2.30. The van der Waals surface area contributed by atoms with E-state index < -0.39 is 38.8 Å². The lowest BCUT2D eigenvalue weighted by atomic mass is 10.1. The number of aryl methyl sites for hydroxylation is 1. The number of fused-ring (bicyclic) bond motifs is 1. The van der Waals surface area contributed by atoms with Crippen LogP contribution in [0.15, 0.2) is 47.4 Å². The Morgan fingerprint density at radius 2 is 1.89 bits per heavy atom. The summed E-state index contributed by atoms with van der Waals surface area (Å²) in [4.78, 5) is 8.13. The van der Waals surface area contributed by atoms with Gasteiger partial charge in [-0.1, -0.05) is 0 Å². The van der Waals surface area contributed by atoms with E-state index in [0.717, 1.165) is 12.1 Å². The fourth-order valence-corrected chi connectivity index (χ4v) is 5.05. The van der Waals surface area contributed by atoms with Crippen LogP contribution in [-0.4, -0.2) is 53.9 Å². The molecule has 0 spiro atoms. The molecule has 2 aromatic carbocycles. The smallest absolute Gasteiger partial charge is 0.264 e. The minimum atomic E-state index is -4.37. The number of nitrogens with zero attached hydrogens (tertiary/aromatic N) is 3. The van der Waals surface area contributed by atoms with Crippen molar-refractivity contribution in [2.24, 2.45) is 0 Å². The number of nitrogens with one attached hydrogen (secondary N) is 3. The zero-order valence-electron chi connectivity index (χ0n) is 18.9. The van der Waals surface area contributed by atoms with Crippen LogP contribution in [-0.2, 0) is 10.0 Å². The lowest BCUT2D eigenvalue weighted by Gasteiger charge is -2.27. The highest BCUT2D eigenvalue weighted by molar-refractivity contribution is 7.92. The Hall–Kier alpha value is -3.71. The minimum Gasteiger partial charge on any atom is -0.471 e. The van der Waals surface area contributed by atoms with E-state index in [1.807, 2.05) is 0 Å². The van der Waals surface area contributed by atoms with Crippen molar-refractivity contribution in [3.63, 3.8) is 0 Å². The SMILES string of the molecule is Cc1[nH]nc2nc(-c3ccc(NS(=O)(=O)c4cc(F)ccc4F)cc3)nc(O[C@@H]3CCNC[C@@H]3F)c12. The highest BCUT2D eigenvalue weighted by atomic mass is 32.2. The van der Waals surface area contributed by atoms with Gasteiger partial charge in [-0.2, -0.15) is 10.1 Å². The molecule has 2 atom stereocenters. The molecule has 5 rings (SSSR count). The van der Waals surface area contributed by atoms with Gasteiger partial charge in [-0.25, -0.2) is 26.6 Å². The number of sulfonamides is 1. The Labute approximate surface area is 204 Å². The van der Waals surface area contributed by atoms with Crippen LogP contribution in [0, 0.1) is 18.6 Å². The first kappa shape index (κ1) is 24.0. The van der Waals surface area contributed by atoms with Crippen LogP contribution in [0.4, 0.5) is 18.9 Å². The molecule has 0 saturated carbocycles. The largest absolute Gasteiger partial charge is 0.471 e. The number of piperidine rings is 1. The van der Waals surface area contributed by atoms with Crippen molar-refractivity contribution in [2.75, 3.05) is 17.8 Å². The van der Waals surface area contributed by atoms with Crippen molar-refractivity contribution < 1.29 is 26.3 Å². The Bertz CT molecular complexity index is 1530. The summed E-state index contributed by atoms with van der Waals surface area (Å²) in [7, 11) is -4.37. The van der Waals surface area contributed by atoms with Crippen LogP contribution >= 0.6 is 0 Å². The molecule has 0 amide bonds. The molecular weight excluding hydrogens is 497 g/mol. The zero-order valence-corrected chi connectivity index (χ0v) is 19.7. The van der Waals surface area contributed by atoms with Gasteiger partial charge in [0.15, 0.2) is 11.5 Å². The number of hydrogen-bond donors (Lipinski definition) is 3. The number of halogens is 3. The van der Waals surface area contributed by atoms with Crippen LogP contribution < -0.4 is 14.8 Å². The van der Waals surface area contributed by atoms with E-state index in [4.69, 9.17) is 4.74 Å². The number of H-pyrrole nitrogens is 1. The molecule has 0 radical (unpaired) electrons. The van der Waals surface area contributed by atoms with E-state index >= 15 is 0 Å². The molecule has 4 aromatic rings. The van der Waals surface area contributed by atoms with Crippen molar-refractivity contribution in [1.82, 2.24) is 25.5 Å². The van der Waals surface area contributed by atoms with Crippen LogP contribution in [0.1, 0.15) is 12.1 Å². The minimum absolute atomic E-state index is 0.116. The standard InChI is InChI=1S/C23H21F3N6O3S/c1-12-20-22(31-30-12)28-21(29-23(20)35-18-8-9-27-11-17(18)26)13-2-5-15(6-3-13)32-36(33,34)19-10-14(24)4-7-16(19)25/h2-7,10,17-18,27,32H,8-9,11H2,1H3,(H,28,29,30,31)/t17-,18+/m0/s1. The molecule has 1 saturated heterocycles. The molecule has 0 unspecified atom stereocenters. The number of anilines is 1. The average Bonchev–Trinajstić information content (AvgIpc) is 3.23. The third kappa shape index (κ3) is 4.71. The monoisotopic (exact) mass is 518 g/mol. The summed E-state index contributed by atoms with van der Waals surface area (Å²) in [5.41, 5.74) is 1.63. The number of ether oxygens (including phenoxy) is 1. The topological polar surface area (TPSA) is 122 Å². The number of benzene rings is 2. The predicted molar refractivity (Wildman–Crippen MR) is 126 cm³/mol. The van der Waals surface area contributed by atoms with Gasteiger partial charge in [0.25, 0.3) is 10.0 Å². The van der Waals surface area contributed by atoms with Gasteiger partial charge in [-0.05, 0) is 62.4 Å². The normalized spacial score (nSPS) is 18.3. The molecule has 1 fully saturated rings. The molecule has 36 heavy (non-hydrogen) atoms. The fraction of sp³-hybridized carbons (Fsp3) is 0.261. The van der Waals surface area contributed by atoms with Gasteiger partial charge >= 0.3 is 0 Å². The van der Waals surface area contributed by atoms with Crippen LogP contribution in [0.3, 0.4) is 0 Å². The predicted octanol–water partition coefficient (Wildman–Crippen LogP) is 3.49. The third-order valence-corrected chi connectivity index (χ3v) is 7.15. The zero-order chi connectivity index (χ0) is 25.4. The van der Waals surface area contributed by atoms with Crippen LogP contribution in [0.25, 0.3) is 22.4 Å². The highest BCUT2D eigenvalue weighted by Gasteiger charge is 2.28. The molecule has 3 heterocycles. The van der Waals surface area contributed by atoms with E-state index in [1.54, 1.807) is 19.1 Å². The Balaban J connectivity index is 1.44. The molecule has 2 aromatic heterocycles. The molecule has 0 aliphatic carbocycles. The quantitative estimate of drug-likeness (QED) is 0.357. The average molecular weight is 519 g/mol. The van der Waals surface area contributed by atoms with E-state index in [1.165, 1.54) is 12.1 Å². The Morgan fingerprint density at radius 3 is 2.64 bits per heavy atom. The van der Waals surface area contributed by atoms with Gasteiger partial charge in [0.1, 0.15) is 34.2 Å². The van der Waals surface area contributed by atoms with Gasteiger partial charge in [0.2, 0.25) is 5.88 Å². The molecule has 9 nitrogen and oxygen atoms in total. The summed E-state index contributed by atoms with van der Waals surface area (Å²) in [5, 5.41) is 10.5. The lowest BCUT2D eigenvalue weighted by molar-refractivity contribution is 0.0707. The van der Waals surface area contributed by atoms with Gasteiger partial charge in [-0.15, -0.1) is 0 Å². The summed E-state index contributed by atoms with van der Waals surface area (Å²) >= 11 is 0. The molecule has 1 aliphatic heterocycles. The van der Waals surface area contributed by atoms with Gasteiger partial charge in [0.05, 0.1) is 0 Å². The maximum atomic E-state index is 14.4. The van der Waals surface area contributed by atoms with Crippen LogP contribution in [0.2, 0.25) is 0 Å². The van der Waals surface area contributed by atoms with E-state index in [9.17, 15) is 21.6 Å². The number of rotatable bonds is 6. The number of aromatic amines is 1. The van der Waals surface area contributed by atoms with E-state index in [-0.39, 0.29) is 23.9 Å². The lowest BCUT2D eigenvalue weighted by Crippen LogP contribution is -2.44. The molecule has 188 valence electrons. The molecule has 13 heteroatoms. The maximum absolute atomic E-state index is 14.4. The molecule has 3 N–H and O–H groups in total. The first-order chi connectivity index (χ1) is 17.2. The molecular formula is C23H21F3N6O3S. The fourth-order valence-electron chi connectivity index (χ4n) is 3.90. The third-order valence-electron chi connectivity index (χ3n) is 5.75. The Morgan fingerprint density at radius 1 is 1.11 bits per heavy atom. The van der Waals surface area contributed by atoms with Crippen molar-refractivity contribution in [3.8, 4) is 17.3 Å². The number of hydrogen-bond acceptors (Lipinski definition) is 7. The summed E-state index contributed by atoms with van der Waals surface area (Å²) < 4.78 is 75.0. The van der Waals surface area contributed by atoms with Crippen LogP contribution in [0.5, 0.6) is 5.88 Å². The first-order valence-electron chi connectivity index (χ1n) is 11.0. The van der Waals surface area contributed by atoms with Crippen molar-refractivity contribution in [2.45, 2.75) is 30.5 Å². The van der Waals surface area contributed by atoms with Gasteiger partial charge in [-0.3, -0.25) is 9.82 Å². The number of aromatic nitrogens is 4. The second-order valence-electron chi connectivity index (χ2n) is 8.32. The second-order valence-corrected chi connectivity index (χ2v) is 9.97. The summed E-state index contributed by atoms with van der Waals surface area (Å²) in [6.07, 6.45) is -1.40. The van der Waals surface area contributed by atoms with Crippen molar-refractivity contribution in [1.29, 1.82) is 0 Å².